The largest absolute Gasteiger partial charge is 0.399 e. The van der Waals surface area contributed by atoms with Crippen LogP contribution in [-0.2, 0) is 4.74 Å². The summed E-state index contributed by atoms with van der Waals surface area (Å²) in [6, 6.07) is 6.65. The molecule has 88 valence electrons. The van der Waals surface area contributed by atoms with Gasteiger partial charge in [-0.15, -0.1) is 0 Å². The summed E-state index contributed by atoms with van der Waals surface area (Å²) >= 11 is 0. The van der Waals surface area contributed by atoms with Gasteiger partial charge in [0.05, 0.1) is 6.10 Å². The molecule has 2 rings (SSSR count). The van der Waals surface area contributed by atoms with Crippen LogP contribution in [0.1, 0.15) is 25.3 Å². The highest BCUT2D eigenvalue weighted by Crippen LogP contribution is 2.27. The van der Waals surface area contributed by atoms with Crippen LogP contribution in [0.4, 0.5) is 11.4 Å². The molecular formula is C13H20N2O. The van der Waals surface area contributed by atoms with E-state index in [-0.39, 0.29) is 0 Å². The van der Waals surface area contributed by atoms with Crippen LogP contribution >= 0.6 is 0 Å². The predicted molar refractivity (Wildman–Crippen MR) is 67.7 cm³/mol. The highest BCUT2D eigenvalue weighted by atomic mass is 16.5. The molecule has 0 amide bonds. The molecule has 1 saturated carbocycles. The Morgan fingerprint density at radius 2 is 2.19 bits per heavy atom. The molecule has 0 unspecified atom stereocenters. The van der Waals surface area contributed by atoms with Gasteiger partial charge in [0.15, 0.2) is 0 Å². The number of nitrogens with one attached hydrogen (secondary N) is 1. The zero-order chi connectivity index (χ0) is 11.5. The Morgan fingerprint density at radius 3 is 2.81 bits per heavy atom. The van der Waals surface area contributed by atoms with Gasteiger partial charge in [-0.25, -0.2) is 0 Å². The molecule has 0 spiro atoms. The lowest BCUT2D eigenvalue weighted by Crippen LogP contribution is -2.40. The van der Waals surface area contributed by atoms with Gasteiger partial charge in [0.1, 0.15) is 0 Å². The number of anilines is 2. The summed E-state index contributed by atoms with van der Waals surface area (Å²) in [6.07, 6.45) is 2.67. The minimum absolute atomic E-state index is 0.456. The third-order valence-electron chi connectivity index (χ3n) is 3.14. The molecular weight excluding hydrogens is 200 g/mol. The van der Waals surface area contributed by atoms with Crippen LogP contribution in [0.25, 0.3) is 0 Å². The monoisotopic (exact) mass is 220 g/mol. The second-order valence-corrected chi connectivity index (χ2v) is 4.46. The van der Waals surface area contributed by atoms with Gasteiger partial charge in [-0.1, -0.05) is 0 Å². The molecule has 0 saturated heterocycles. The van der Waals surface area contributed by atoms with Crippen LogP contribution < -0.4 is 11.1 Å². The molecule has 3 nitrogen and oxygen atoms in total. The molecule has 1 fully saturated rings. The molecule has 0 aliphatic heterocycles. The molecule has 1 aromatic rings. The fourth-order valence-electron chi connectivity index (χ4n) is 2.06. The van der Waals surface area contributed by atoms with E-state index in [1.807, 2.05) is 26.0 Å². The van der Waals surface area contributed by atoms with E-state index in [9.17, 15) is 0 Å². The van der Waals surface area contributed by atoms with E-state index in [0.717, 1.165) is 36.4 Å². The van der Waals surface area contributed by atoms with Gasteiger partial charge in [0.2, 0.25) is 0 Å². The summed E-state index contributed by atoms with van der Waals surface area (Å²) in [5.41, 5.74) is 8.92. The fraction of sp³-hybridized carbons (Fsp3) is 0.538. The van der Waals surface area contributed by atoms with Crippen molar-refractivity contribution in [3.63, 3.8) is 0 Å². The lowest BCUT2D eigenvalue weighted by atomic mass is 9.89. The number of nitrogens with two attached hydrogens (primary N) is 1. The molecule has 1 aromatic carbocycles. The van der Waals surface area contributed by atoms with Crippen molar-refractivity contribution >= 4 is 11.4 Å². The average molecular weight is 220 g/mol. The number of aryl methyl sites for hydroxylation is 1. The Balaban J connectivity index is 1.84. The number of hydrogen-bond acceptors (Lipinski definition) is 3. The molecule has 0 radical (unpaired) electrons. The van der Waals surface area contributed by atoms with Crippen molar-refractivity contribution in [3.05, 3.63) is 23.8 Å². The summed E-state index contributed by atoms with van der Waals surface area (Å²) in [5.74, 6) is 0. The molecule has 0 aromatic heterocycles. The molecule has 3 heteroatoms. The van der Waals surface area contributed by atoms with Crippen LogP contribution in [0, 0.1) is 6.92 Å². The first-order chi connectivity index (χ1) is 7.69. The number of benzene rings is 1. The lowest BCUT2D eigenvalue weighted by Gasteiger charge is -2.36. The molecule has 0 atom stereocenters. The number of hydrogen-bond donors (Lipinski definition) is 2. The van der Waals surface area contributed by atoms with E-state index in [4.69, 9.17) is 10.5 Å². The minimum atomic E-state index is 0.456. The van der Waals surface area contributed by atoms with Crippen LogP contribution in [-0.4, -0.2) is 18.8 Å². The maximum atomic E-state index is 5.78. The van der Waals surface area contributed by atoms with Gasteiger partial charge in [-0.3, -0.25) is 0 Å². The summed E-state index contributed by atoms with van der Waals surface area (Å²) in [4.78, 5) is 0. The molecule has 1 aliphatic rings. The van der Waals surface area contributed by atoms with Gasteiger partial charge in [-0.2, -0.15) is 0 Å². The van der Waals surface area contributed by atoms with Crippen LogP contribution in [0.2, 0.25) is 0 Å². The quantitative estimate of drug-likeness (QED) is 0.767. The summed E-state index contributed by atoms with van der Waals surface area (Å²) in [7, 11) is 0. The molecule has 3 N–H and O–H groups in total. The standard InChI is InChI=1S/C13H20N2O/c1-3-16-12-7-11(8-12)15-10-4-5-13(14)9(2)6-10/h4-6,11-12,15H,3,7-8,14H2,1-2H3. The zero-order valence-electron chi connectivity index (χ0n) is 9.99. The Bertz CT molecular complexity index is 359. The maximum Gasteiger partial charge on any atom is 0.0614 e. The van der Waals surface area contributed by atoms with Crippen molar-refractivity contribution in [1.82, 2.24) is 0 Å². The van der Waals surface area contributed by atoms with E-state index in [1.165, 1.54) is 0 Å². The van der Waals surface area contributed by atoms with Gasteiger partial charge in [-0.05, 0) is 50.5 Å². The van der Waals surface area contributed by atoms with Crippen molar-refractivity contribution < 1.29 is 4.74 Å². The van der Waals surface area contributed by atoms with E-state index < -0.39 is 0 Å². The Hall–Kier alpha value is -1.22. The van der Waals surface area contributed by atoms with Crippen molar-refractivity contribution in [2.24, 2.45) is 0 Å². The van der Waals surface area contributed by atoms with Gasteiger partial charge in [0, 0.05) is 24.0 Å². The second-order valence-electron chi connectivity index (χ2n) is 4.46. The van der Waals surface area contributed by atoms with Crippen molar-refractivity contribution in [2.75, 3.05) is 17.7 Å². The van der Waals surface area contributed by atoms with Gasteiger partial charge >= 0.3 is 0 Å². The molecule has 16 heavy (non-hydrogen) atoms. The Morgan fingerprint density at radius 1 is 1.44 bits per heavy atom. The lowest BCUT2D eigenvalue weighted by molar-refractivity contribution is 0.00299. The summed E-state index contributed by atoms with van der Waals surface area (Å²) in [6.45, 7) is 4.90. The van der Waals surface area contributed by atoms with E-state index in [0.29, 0.717) is 12.1 Å². The van der Waals surface area contributed by atoms with Gasteiger partial charge < -0.3 is 15.8 Å². The number of nitrogen functional groups attached to an aromatic ring is 1. The first-order valence-electron chi connectivity index (χ1n) is 5.93. The smallest absolute Gasteiger partial charge is 0.0614 e. The van der Waals surface area contributed by atoms with Crippen LogP contribution in [0.3, 0.4) is 0 Å². The second kappa shape index (κ2) is 4.74. The Labute approximate surface area is 97.0 Å². The molecule has 0 bridgehead atoms. The normalized spacial score (nSPS) is 23.9. The topological polar surface area (TPSA) is 47.3 Å². The first-order valence-corrected chi connectivity index (χ1v) is 5.93. The fourth-order valence-corrected chi connectivity index (χ4v) is 2.06. The molecule has 0 heterocycles. The predicted octanol–water partition coefficient (Wildman–Crippen LogP) is 2.56. The van der Waals surface area contributed by atoms with Crippen molar-refractivity contribution in [1.29, 1.82) is 0 Å². The van der Waals surface area contributed by atoms with E-state index >= 15 is 0 Å². The average Bonchev–Trinajstić information content (AvgIpc) is 2.20. The molecule has 1 aliphatic carbocycles. The summed E-state index contributed by atoms with van der Waals surface area (Å²) in [5, 5.41) is 3.50. The van der Waals surface area contributed by atoms with Crippen LogP contribution in [0.5, 0.6) is 0 Å². The number of rotatable bonds is 4. The highest BCUT2D eigenvalue weighted by molar-refractivity contribution is 5.57. The van der Waals surface area contributed by atoms with E-state index in [2.05, 4.69) is 11.4 Å². The summed E-state index contributed by atoms with van der Waals surface area (Å²) < 4.78 is 5.53. The Kier molecular flexibility index (Phi) is 3.34. The highest BCUT2D eigenvalue weighted by Gasteiger charge is 2.29. The first kappa shape index (κ1) is 11.3. The third-order valence-corrected chi connectivity index (χ3v) is 3.14. The van der Waals surface area contributed by atoms with Crippen molar-refractivity contribution in [3.8, 4) is 0 Å². The van der Waals surface area contributed by atoms with Gasteiger partial charge in [0.25, 0.3) is 0 Å². The van der Waals surface area contributed by atoms with Crippen molar-refractivity contribution in [2.45, 2.75) is 38.8 Å². The SMILES string of the molecule is CCOC1CC(Nc2ccc(N)c(C)c2)C1. The van der Waals surface area contributed by atoms with Crippen LogP contribution in [0.15, 0.2) is 18.2 Å². The third kappa shape index (κ3) is 2.47. The minimum Gasteiger partial charge on any atom is -0.399 e. The van der Waals surface area contributed by atoms with E-state index in [1.54, 1.807) is 0 Å². The number of ether oxygens (including phenoxy) is 1. The zero-order valence-corrected chi connectivity index (χ0v) is 9.99. The maximum absolute atomic E-state index is 5.78.